The molecule has 116 valence electrons. The predicted octanol–water partition coefficient (Wildman–Crippen LogP) is 3.27. The highest BCUT2D eigenvalue weighted by Gasteiger charge is 2.14. The van der Waals surface area contributed by atoms with Gasteiger partial charge in [-0.1, -0.05) is 37.8 Å². The van der Waals surface area contributed by atoms with Gasteiger partial charge < -0.3 is 5.32 Å². The van der Waals surface area contributed by atoms with Crippen LogP contribution in [-0.4, -0.2) is 22.9 Å². The van der Waals surface area contributed by atoms with Crippen LogP contribution in [0.1, 0.15) is 54.4 Å². The summed E-state index contributed by atoms with van der Waals surface area (Å²) >= 11 is 0. The van der Waals surface area contributed by atoms with E-state index >= 15 is 0 Å². The van der Waals surface area contributed by atoms with E-state index in [0.717, 1.165) is 24.4 Å². The van der Waals surface area contributed by atoms with E-state index in [-0.39, 0.29) is 5.91 Å². The smallest absolute Gasteiger partial charge is 0.251 e. The Morgan fingerprint density at radius 2 is 2.10 bits per heavy atom. The standard InChI is InChI=1S/C17H25NO2S/c1-21(20)13-15-8-4-10-16(12-15)17(19)18-11-5-9-14-6-2-3-7-14/h4,8,10,12,14H,2-3,5-7,9,11,13H2,1H3,(H,18,19). The molecule has 0 bridgehead atoms. The van der Waals surface area contributed by atoms with Crippen molar-refractivity contribution in [3.05, 3.63) is 35.4 Å². The van der Waals surface area contributed by atoms with Gasteiger partial charge in [-0.15, -0.1) is 0 Å². The lowest BCUT2D eigenvalue weighted by molar-refractivity contribution is 0.0952. The number of rotatable bonds is 7. The summed E-state index contributed by atoms with van der Waals surface area (Å²) in [5, 5.41) is 2.99. The zero-order valence-electron chi connectivity index (χ0n) is 12.8. The molecular weight excluding hydrogens is 282 g/mol. The molecule has 1 aromatic rings. The molecule has 1 aromatic carbocycles. The van der Waals surface area contributed by atoms with Gasteiger partial charge >= 0.3 is 0 Å². The third-order valence-electron chi connectivity index (χ3n) is 4.11. The molecule has 0 saturated heterocycles. The van der Waals surface area contributed by atoms with Gasteiger partial charge in [0.25, 0.3) is 5.91 Å². The largest absolute Gasteiger partial charge is 0.352 e. The van der Waals surface area contributed by atoms with Crippen LogP contribution < -0.4 is 5.32 Å². The molecule has 0 aliphatic heterocycles. The monoisotopic (exact) mass is 307 g/mol. The van der Waals surface area contributed by atoms with Crippen LogP contribution in [0.2, 0.25) is 0 Å². The average Bonchev–Trinajstić information content (AvgIpc) is 2.96. The maximum absolute atomic E-state index is 12.1. The molecule has 0 aromatic heterocycles. The predicted molar refractivity (Wildman–Crippen MR) is 87.7 cm³/mol. The quantitative estimate of drug-likeness (QED) is 0.786. The molecule has 3 nitrogen and oxygen atoms in total. The fourth-order valence-corrected chi connectivity index (χ4v) is 3.68. The van der Waals surface area contributed by atoms with Gasteiger partial charge in [0.05, 0.1) is 0 Å². The first-order chi connectivity index (χ1) is 10.1. The second-order valence-electron chi connectivity index (χ2n) is 5.97. The molecule has 1 unspecified atom stereocenters. The van der Waals surface area contributed by atoms with Crippen LogP contribution in [-0.2, 0) is 16.6 Å². The van der Waals surface area contributed by atoms with Crippen molar-refractivity contribution in [3.63, 3.8) is 0 Å². The summed E-state index contributed by atoms with van der Waals surface area (Å²) in [4.78, 5) is 12.1. The van der Waals surface area contributed by atoms with Crippen molar-refractivity contribution in [1.82, 2.24) is 5.32 Å². The van der Waals surface area contributed by atoms with Crippen molar-refractivity contribution in [2.24, 2.45) is 5.92 Å². The van der Waals surface area contributed by atoms with Gasteiger partial charge in [0.1, 0.15) is 0 Å². The van der Waals surface area contributed by atoms with Crippen molar-refractivity contribution < 1.29 is 9.00 Å². The van der Waals surface area contributed by atoms with Gasteiger partial charge in [0, 0.05) is 34.9 Å². The summed E-state index contributed by atoms with van der Waals surface area (Å²) < 4.78 is 11.2. The Hall–Kier alpha value is -1.16. The normalized spacial score (nSPS) is 16.8. The number of nitrogens with one attached hydrogen (secondary N) is 1. The molecule has 4 heteroatoms. The fourth-order valence-electron chi connectivity index (χ4n) is 3.03. The van der Waals surface area contributed by atoms with Gasteiger partial charge in [-0.3, -0.25) is 9.00 Å². The molecule has 1 atom stereocenters. The second-order valence-corrected chi connectivity index (χ2v) is 7.40. The van der Waals surface area contributed by atoms with E-state index < -0.39 is 10.8 Å². The van der Waals surface area contributed by atoms with Crippen LogP contribution >= 0.6 is 0 Å². The van der Waals surface area contributed by atoms with E-state index in [0.29, 0.717) is 11.3 Å². The topological polar surface area (TPSA) is 46.2 Å². The van der Waals surface area contributed by atoms with Gasteiger partial charge in [-0.2, -0.15) is 0 Å². The van der Waals surface area contributed by atoms with Crippen LogP contribution in [0.5, 0.6) is 0 Å². The Morgan fingerprint density at radius 3 is 2.81 bits per heavy atom. The Labute approximate surface area is 130 Å². The molecule has 21 heavy (non-hydrogen) atoms. The minimum absolute atomic E-state index is 0.0230. The van der Waals surface area contributed by atoms with Gasteiger partial charge in [0.15, 0.2) is 0 Å². The lowest BCUT2D eigenvalue weighted by Crippen LogP contribution is -2.24. The third kappa shape index (κ3) is 5.62. The number of carbonyl (C=O) groups is 1. The molecule has 1 fully saturated rings. The molecular formula is C17H25NO2S. The maximum atomic E-state index is 12.1. The van der Waals surface area contributed by atoms with Crippen molar-refractivity contribution in [2.45, 2.75) is 44.3 Å². The highest BCUT2D eigenvalue weighted by Crippen LogP contribution is 2.28. The van der Waals surface area contributed by atoms with Crippen molar-refractivity contribution >= 4 is 16.7 Å². The first kappa shape index (κ1) is 16.2. The summed E-state index contributed by atoms with van der Waals surface area (Å²) in [7, 11) is -0.878. The van der Waals surface area contributed by atoms with E-state index in [4.69, 9.17) is 0 Å². The Balaban J connectivity index is 1.75. The number of hydrogen-bond donors (Lipinski definition) is 1. The van der Waals surface area contributed by atoms with E-state index in [2.05, 4.69) is 5.32 Å². The molecule has 1 N–H and O–H groups in total. The number of amides is 1. The second kappa shape index (κ2) is 8.32. The van der Waals surface area contributed by atoms with E-state index in [9.17, 15) is 9.00 Å². The van der Waals surface area contributed by atoms with E-state index in [1.807, 2.05) is 24.3 Å². The maximum Gasteiger partial charge on any atom is 0.251 e. The van der Waals surface area contributed by atoms with Crippen molar-refractivity contribution in [1.29, 1.82) is 0 Å². The van der Waals surface area contributed by atoms with Crippen LogP contribution in [0.15, 0.2) is 24.3 Å². The van der Waals surface area contributed by atoms with Gasteiger partial charge in [0.2, 0.25) is 0 Å². The molecule has 0 spiro atoms. The average molecular weight is 307 g/mol. The first-order valence-corrected chi connectivity index (χ1v) is 9.55. The van der Waals surface area contributed by atoms with Crippen molar-refractivity contribution in [2.75, 3.05) is 12.8 Å². The molecule has 2 rings (SSSR count). The Bertz CT molecular complexity index is 495. The number of benzene rings is 1. The van der Waals surface area contributed by atoms with Crippen LogP contribution in [0.3, 0.4) is 0 Å². The molecule has 1 amide bonds. The number of hydrogen-bond acceptors (Lipinski definition) is 2. The zero-order valence-corrected chi connectivity index (χ0v) is 13.6. The highest BCUT2D eigenvalue weighted by atomic mass is 32.2. The SMILES string of the molecule is CS(=O)Cc1cccc(C(=O)NCCCC2CCCC2)c1. The molecule has 1 aliphatic carbocycles. The lowest BCUT2D eigenvalue weighted by atomic mass is 10.0. The number of carbonyl (C=O) groups excluding carboxylic acids is 1. The summed E-state index contributed by atoms with van der Waals surface area (Å²) in [6.45, 7) is 0.749. The molecule has 1 aliphatic rings. The summed E-state index contributed by atoms with van der Waals surface area (Å²) in [5.41, 5.74) is 1.62. The summed E-state index contributed by atoms with van der Waals surface area (Å²) in [5.74, 6) is 1.36. The zero-order chi connectivity index (χ0) is 15.1. The van der Waals surface area contributed by atoms with E-state index in [1.54, 1.807) is 6.26 Å². The molecule has 0 radical (unpaired) electrons. The highest BCUT2D eigenvalue weighted by molar-refractivity contribution is 7.83. The first-order valence-electron chi connectivity index (χ1n) is 7.82. The minimum Gasteiger partial charge on any atom is -0.352 e. The summed E-state index contributed by atoms with van der Waals surface area (Å²) in [6, 6.07) is 7.43. The molecule has 0 heterocycles. The van der Waals surface area contributed by atoms with Gasteiger partial charge in [-0.05, 0) is 36.5 Å². The molecule has 1 saturated carbocycles. The van der Waals surface area contributed by atoms with Crippen molar-refractivity contribution in [3.8, 4) is 0 Å². The van der Waals surface area contributed by atoms with Crippen LogP contribution in [0.4, 0.5) is 0 Å². The van der Waals surface area contributed by atoms with E-state index in [1.165, 1.54) is 32.1 Å². The van der Waals surface area contributed by atoms with Crippen LogP contribution in [0.25, 0.3) is 0 Å². The fraction of sp³-hybridized carbons (Fsp3) is 0.588. The lowest BCUT2D eigenvalue weighted by Gasteiger charge is -2.10. The van der Waals surface area contributed by atoms with Crippen LogP contribution in [0, 0.1) is 5.92 Å². The minimum atomic E-state index is -0.878. The Morgan fingerprint density at radius 1 is 1.33 bits per heavy atom. The Kier molecular flexibility index (Phi) is 6.43. The van der Waals surface area contributed by atoms with Gasteiger partial charge in [-0.25, -0.2) is 0 Å². The third-order valence-corrected chi connectivity index (χ3v) is 4.85. The summed E-state index contributed by atoms with van der Waals surface area (Å²) in [6.07, 6.45) is 9.46.